The lowest BCUT2D eigenvalue weighted by atomic mass is 10.1. The van der Waals surface area contributed by atoms with Crippen molar-refractivity contribution in [2.75, 3.05) is 25.1 Å². The van der Waals surface area contributed by atoms with Gasteiger partial charge in [-0.1, -0.05) is 15.9 Å². The van der Waals surface area contributed by atoms with Crippen LogP contribution in [0.1, 0.15) is 19.3 Å². The van der Waals surface area contributed by atoms with Crippen LogP contribution in [0.5, 0.6) is 0 Å². The molecule has 1 fully saturated rings. The number of hydrogen-bond acceptors (Lipinski definition) is 2. The van der Waals surface area contributed by atoms with Gasteiger partial charge in [-0.15, -0.1) is 0 Å². The fourth-order valence-electron chi connectivity index (χ4n) is 1.32. The lowest BCUT2D eigenvalue weighted by Gasteiger charge is -2.08. The number of hydrogen-bond donors (Lipinski definition) is 1. The third-order valence-electron chi connectivity index (χ3n) is 2.16. The molecule has 4 heteroatoms. The maximum atomic E-state index is 11.4. The van der Waals surface area contributed by atoms with E-state index in [1.54, 1.807) is 0 Å². The Labute approximate surface area is 87.3 Å². The first-order valence-electron chi connectivity index (χ1n) is 4.76. The van der Waals surface area contributed by atoms with Gasteiger partial charge in [-0.05, 0) is 19.3 Å². The minimum atomic E-state index is 0.101. The highest BCUT2D eigenvalue weighted by atomic mass is 79.9. The summed E-state index contributed by atoms with van der Waals surface area (Å²) in [6.45, 7) is 2.13. The van der Waals surface area contributed by atoms with Gasteiger partial charge in [0.05, 0.1) is 12.5 Å². The van der Waals surface area contributed by atoms with Crippen molar-refractivity contribution in [3.05, 3.63) is 0 Å². The molecule has 0 aromatic rings. The van der Waals surface area contributed by atoms with Crippen molar-refractivity contribution in [1.29, 1.82) is 0 Å². The van der Waals surface area contributed by atoms with Gasteiger partial charge in [0, 0.05) is 18.5 Å². The Kier molecular flexibility index (Phi) is 5.39. The van der Waals surface area contributed by atoms with Crippen LogP contribution in [0.4, 0.5) is 0 Å². The lowest BCUT2D eigenvalue weighted by molar-refractivity contribution is -0.124. The normalized spacial score (nSPS) is 21.8. The van der Waals surface area contributed by atoms with Crippen LogP contribution in [0.2, 0.25) is 0 Å². The van der Waals surface area contributed by atoms with Crippen molar-refractivity contribution in [3.63, 3.8) is 0 Å². The maximum absolute atomic E-state index is 11.4. The van der Waals surface area contributed by atoms with E-state index >= 15 is 0 Å². The molecule has 1 aliphatic rings. The lowest BCUT2D eigenvalue weighted by Crippen LogP contribution is -2.31. The number of carbonyl (C=O) groups is 1. The molecule has 0 radical (unpaired) electrons. The Hall–Kier alpha value is -0.0900. The molecule has 1 amide bonds. The minimum absolute atomic E-state index is 0.101. The Morgan fingerprint density at radius 2 is 2.38 bits per heavy atom. The molecule has 1 saturated heterocycles. The van der Waals surface area contributed by atoms with Gasteiger partial charge in [-0.25, -0.2) is 0 Å². The highest BCUT2D eigenvalue weighted by molar-refractivity contribution is 9.09. The van der Waals surface area contributed by atoms with E-state index < -0.39 is 0 Å². The van der Waals surface area contributed by atoms with Crippen LogP contribution < -0.4 is 5.32 Å². The molecule has 0 aromatic carbocycles. The molecule has 76 valence electrons. The van der Waals surface area contributed by atoms with E-state index in [1.807, 2.05) is 0 Å². The van der Waals surface area contributed by atoms with Crippen LogP contribution in [0.15, 0.2) is 0 Å². The van der Waals surface area contributed by atoms with Crippen molar-refractivity contribution in [3.8, 4) is 0 Å². The summed E-state index contributed by atoms with van der Waals surface area (Å²) in [5.74, 6) is 0.260. The van der Waals surface area contributed by atoms with Gasteiger partial charge in [-0.3, -0.25) is 4.79 Å². The summed E-state index contributed by atoms with van der Waals surface area (Å²) >= 11 is 3.35. The number of halogens is 1. The largest absolute Gasteiger partial charge is 0.381 e. The Balaban J connectivity index is 2.03. The van der Waals surface area contributed by atoms with Crippen LogP contribution >= 0.6 is 15.9 Å². The van der Waals surface area contributed by atoms with E-state index in [4.69, 9.17) is 4.74 Å². The zero-order valence-electron chi connectivity index (χ0n) is 7.72. The fourth-order valence-corrected chi connectivity index (χ4v) is 1.71. The number of unbranched alkanes of at least 4 members (excludes halogenated alkanes) is 1. The first kappa shape index (κ1) is 11.0. The number of amides is 1. The van der Waals surface area contributed by atoms with E-state index in [0.717, 1.165) is 37.7 Å². The molecule has 3 nitrogen and oxygen atoms in total. The number of rotatable bonds is 5. The quantitative estimate of drug-likeness (QED) is 0.590. The predicted molar refractivity (Wildman–Crippen MR) is 55.0 cm³/mol. The molecule has 0 spiro atoms. The second kappa shape index (κ2) is 6.38. The van der Waals surface area contributed by atoms with Crippen molar-refractivity contribution in [2.45, 2.75) is 19.3 Å². The molecule has 1 N–H and O–H groups in total. The predicted octanol–water partition coefficient (Wildman–Crippen LogP) is 1.31. The standard InChI is InChI=1S/C9H16BrNO2/c10-4-1-2-5-11-9(12)8-3-6-13-7-8/h8H,1-7H2,(H,11,12). The van der Waals surface area contributed by atoms with Crippen LogP contribution in [0.25, 0.3) is 0 Å². The molecular formula is C9H16BrNO2. The van der Waals surface area contributed by atoms with E-state index in [-0.39, 0.29) is 11.8 Å². The molecule has 1 unspecified atom stereocenters. The highest BCUT2D eigenvalue weighted by Crippen LogP contribution is 2.11. The highest BCUT2D eigenvalue weighted by Gasteiger charge is 2.22. The average Bonchev–Trinajstić information content (AvgIpc) is 2.65. The Bertz CT molecular complexity index is 158. The SMILES string of the molecule is O=C(NCCCCBr)C1CCOC1. The molecule has 0 saturated carbocycles. The van der Waals surface area contributed by atoms with E-state index in [9.17, 15) is 4.79 Å². The Morgan fingerprint density at radius 1 is 1.54 bits per heavy atom. The molecule has 0 bridgehead atoms. The van der Waals surface area contributed by atoms with Gasteiger partial charge >= 0.3 is 0 Å². The van der Waals surface area contributed by atoms with Crippen LogP contribution in [0, 0.1) is 5.92 Å². The third kappa shape index (κ3) is 4.09. The van der Waals surface area contributed by atoms with Crippen molar-refractivity contribution < 1.29 is 9.53 Å². The van der Waals surface area contributed by atoms with Gasteiger partial charge in [0.1, 0.15) is 0 Å². The number of ether oxygens (including phenoxy) is 1. The minimum Gasteiger partial charge on any atom is -0.381 e. The van der Waals surface area contributed by atoms with E-state index in [1.165, 1.54) is 0 Å². The summed E-state index contributed by atoms with van der Waals surface area (Å²) in [5.41, 5.74) is 0. The summed E-state index contributed by atoms with van der Waals surface area (Å²) in [7, 11) is 0. The van der Waals surface area contributed by atoms with Crippen molar-refractivity contribution in [2.24, 2.45) is 5.92 Å². The first-order valence-corrected chi connectivity index (χ1v) is 5.88. The van der Waals surface area contributed by atoms with Gasteiger partial charge in [0.15, 0.2) is 0 Å². The molecule has 1 atom stereocenters. The number of nitrogens with one attached hydrogen (secondary N) is 1. The molecule has 0 aliphatic carbocycles. The van der Waals surface area contributed by atoms with Crippen LogP contribution in [-0.2, 0) is 9.53 Å². The second-order valence-corrected chi connectivity index (χ2v) is 4.04. The number of alkyl halides is 1. The summed E-state index contributed by atoms with van der Waals surface area (Å²) in [4.78, 5) is 11.4. The molecule has 1 rings (SSSR count). The van der Waals surface area contributed by atoms with E-state index in [2.05, 4.69) is 21.2 Å². The summed E-state index contributed by atoms with van der Waals surface area (Å²) < 4.78 is 5.14. The zero-order valence-corrected chi connectivity index (χ0v) is 9.31. The van der Waals surface area contributed by atoms with E-state index in [0.29, 0.717) is 6.61 Å². The van der Waals surface area contributed by atoms with Gasteiger partial charge in [0.25, 0.3) is 0 Å². The Morgan fingerprint density at radius 3 is 3.00 bits per heavy atom. The van der Waals surface area contributed by atoms with Crippen molar-refractivity contribution >= 4 is 21.8 Å². The van der Waals surface area contributed by atoms with Crippen LogP contribution in [0.3, 0.4) is 0 Å². The summed E-state index contributed by atoms with van der Waals surface area (Å²) in [6, 6.07) is 0. The fraction of sp³-hybridized carbons (Fsp3) is 0.889. The molecule has 1 heterocycles. The monoisotopic (exact) mass is 249 g/mol. The summed E-state index contributed by atoms with van der Waals surface area (Å²) in [6.07, 6.45) is 3.04. The number of carbonyl (C=O) groups excluding carboxylic acids is 1. The first-order chi connectivity index (χ1) is 6.34. The average molecular weight is 250 g/mol. The van der Waals surface area contributed by atoms with Crippen LogP contribution in [-0.4, -0.2) is 31.0 Å². The molecule has 1 aliphatic heterocycles. The molecular weight excluding hydrogens is 234 g/mol. The zero-order chi connectivity index (χ0) is 9.52. The smallest absolute Gasteiger partial charge is 0.225 e. The van der Waals surface area contributed by atoms with Gasteiger partial charge in [-0.2, -0.15) is 0 Å². The van der Waals surface area contributed by atoms with Gasteiger partial charge < -0.3 is 10.1 Å². The summed E-state index contributed by atoms with van der Waals surface area (Å²) in [5, 5.41) is 3.93. The molecule has 13 heavy (non-hydrogen) atoms. The molecule has 0 aromatic heterocycles. The van der Waals surface area contributed by atoms with Crippen molar-refractivity contribution in [1.82, 2.24) is 5.32 Å². The topological polar surface area (TPSA) is 38.3 Å². The maximum Gasteiger partial charge on any atom is 0.225 e. The third-order valence-corrected chi connectivity index (χ3v) is 2.72. The second-order valence-electron chi connectivity index (χ2n) is 3.25. The van der Waals surface area contributed by atoms with Gasteiger partial charge in [0.2, 0.25) is 5.91 Å².